The highest BCUT2D eigenvalue weighted by atomic mass is 32.2. The zero-order valence-corrected chi connectivity index (χ0v) is 18.8. The van der Waals surface area contributed by atoms with Crippen molar-refractivity contribution in [1.82, 2.24) is 0 Å². The zero-order chi connectivity index (χ0) is 24.9. The van der Waals surface area contributed by atoms with Crippen LogP contribution in [-0.4, -0.2) is 31.1 Å². The van der Waals surface area contributed by atoms with Crippen LogP contribution in [0.2, 0.25) is 0 Å². The minimum atomic E-state index is -4.25. The molecule has 0 heterocycles. The molecule has 34 heavy (non-hydrogen) atoms. The van der Waals surface area contributed by atoms with E-state index in [4.69, 9.17) is 4.74 Å². The number of non-ortho nitro benzene ring substituents is 2. The van der Waals surface area contributed by atoms with E-state index in [1.54, 1.807) is 19.1 Å². The lowest BCUT2D eigenvalue weighted by atomic mass is 10.1. The largest absolute Gasteiger partial charge is 0.497 e. The Morgan fingerprint density at radius 2 is 1.50 bits per heavy atom. The zero-order valence-electron chi connectivity index (χ0n) is 18.0. The molecule has 0 fully saturated rings. The van der Waals surface area contributed by atoms with E-state index in [1.165, 1.54) is 49.6 Å². The molecule has 12 nitrogen and oxygen atoms in total. The molecule has 3 aromatic carbocycles. The Hall–Kier alpha value is -4.52. The van der Waals surface area contributed by atoms with Crippen molar-refractivity contribution in [3.8, 4) is 5.75 Å². The number of anilines is 2. The molecule has 0 aliphatic rings. The lowest BCUT2D eigenvalue weighted by Crippen LogP contribution is -2.15. The first-order valence-corrected chi connectivity index (χ1v) is 11.1. The Labute approximate surface area is 194 Å². The lowest BCUT2D eigenvalue weighted by Gasteiger charge is -2.13. The van der Waals surface area contributed by atoms with Gasteiger partial charge in [-0.1, -0.05) is 0 Å². The van der Waals surface area contributed by atoms with Gasteiger partial charge in [-0.15, -0.1) is 0 Å². The van der Waals surface area contributed by atoms with Crippen LogP contribution in [0.4, 0.5) is 22.7 Å². The first-order valence-electron chi connectivity index (χ1n) is 9.61. The summed E-state index contributed by atoms with van der Waals surface area (Å²) in [6, 6.07) is 15.0. The van der Waals surface area contributed by atoms with Crippen molar-refractivity contribution in [2.45, 2.75) is 11.8 Å². The fourth-order valence-electron chi connectivity index (χ4n) is 2.84. The number of rotatable bonds is 9. The van der Waals surface area contributed by atoms with E-state index < -0.39 is 30.5 Å². The summed E-state index contributed by atoms with van der Waals surface area (Å²) in [5.41, 5.74) is 3.29. The smallest absolute Gasteiger partial charge is 0.270 e. The topological polar surface area (TPSA) is 166 Å². The number of benzene rings is 3. The molecule has 0 saturated heterocycles. The van der Waals surface area contributed by atoms with Crippen LogP contribution in [0.15, 0.2) is 76.7 Å². The van der Waals surface area contributed by atoms with E-state index in [9.17, 15) is 28.6 Å². The summed E-state index contributed by atoms with van der Waals surface area (Å²) in [6.45, 7) is 1.61. The van der Waals surface area contributed by atoms with Crippen LogP contribution in [0.3, 0.4) is 0 Å². The van der Waals surface area contributed by atoms with Gasteiger partial charge in [0, 0.05) is 30.0 Å². The van der Waals surface area contributed by atoms with Crippen molar-refractivity contribution in [2.75, 3.05) is 17.3 Å². The van der Waals surface area contributed by atoms with Gasteiger partial charge >= 0.3 is 0 Å². The maximum Gasteiger partial charge on any atom is 0.270 e. The molecule has 0 amide bonds. The van der Waals surface area contributed by atoms with E-state index >= 15 is 0 Å². The predicted octanol–water partition coefficient (Wildman–Crippen LogP) is 4.15. The number of methoxy groups -OCH3 is 1. The van der Waals surface area contributed by atoms with Crippen LogP contribution >= 0.6 is 0 Å². The molecule has 0 radical (unpaired) electrons. The maximum absolute atomic E-state index is 13.1. The van der Waals surface area contributed by atoms with Crippen molar-refractivity contribution < 1.29 is 23.0 Å². The van der Waals surface area contributed by atoms with Crippen molar-refractivity contribution in [1.29, 1.82) is 0 Å². The molecule has 3 rings (SSSR count). The van der Waals surface area contributed by atoms with Gasteiger partial charge in [0.25, 0.3) is 21.4 Å². The van der Waals surface area contributed by atoms with Gasteiger partial charge in [0.15, 0.2) is 0 Å². The number of nitrogens with zero attached hydrogens (tertiary/aromatic N) is 3. The molecule has 0 aliphatic carbocycles. The third-order valence-corrected chi connectivity index (χ3v) is 6.07. The Bertz CT molecular complexity index is 1360. The standard InChI is InChI=1S/C21H19N5O7S/c1-14(15-3-7-17(8-4-15)25(27)28)22-23-20-12-9-18(26(29)30)13-21(20)34(31,32)24-16-5-10-19(33-2)11-6-16/h3-13,23-24H,1-2H3. The van der Waals surface area contributed by atoms with Gasteiger partial charge in [0.2, 0.25) is 0 Å². The molecular formula is C21H19N5O7S. The Morgan fingerprint density at radius 3 is 2.06 bits per heavy atom. The van der Waals surface area contributed by atoms with Crippen molar-refractivity contribution in [2.24, 2.45) is 5.10 Å². The summed E-state index contributed by atoms with van der Waals surface area (Å²) < 4.78 is 33.5. The molecule has 0 saturated carbocycles. The van der Waals surface area contributed by atoms with Gasteiger partial charge in [-0.25, -0.2) is 8.42 Å². The second-order valence-electron chi connectivity index (χ2n) is 6.88. The monoisotopic (exact) mass is 485 g/mol. The summed E-state index contributed by atoms with van der Waals surface area (Å²) in [5, 5.41) is 26.2. The van der Waals surface area contributed by atoms with Crippen LogP contribution < -0.4 is 14.9 Å². The molecule has 0 atom stereocenters. The van der Waals surface area contributed by atoms with Gasteiger partial charge in [0.05, 0.1) is 28.4 Å². The number of nitro groups is 2. The molecular weight excluding hydrogens is 466 g/mol. The van der Waals surface area contributed by atoms with E-state index in [0.717, 1.165) is 12.1 Å². The first kappa shape index (κ1) is 24.1. The van der Waals surface area contributed by atoms with Gasteiger partial charge < -0.3 is 4.74 Å². The predicted molar refractivity (Wildman–Crippen MR) is 126 cm³/mol. The van der Waals surface area contributed by atoms with Crippen molar-refractivity contribution >= 4 is 38.5 Å². The highest BCUT2D eigenvalue weighted by Gasteiger charge is 2.23. The number of nitro benzene ring substituents is 2. The van der Waals surface area contributed by atoms with Crippen LogP contribution in [-0.2, 0) is 10.0 Å². The molecule has 0 aromatic heterocycles. The number of hydrogen-bond acceptors (Lipinski definition) is 9. The SMILES string of the molecule is COc1ccc(NS(=O)(=O)c2cc([N+](=O)[O-])ccc2NN=C(C)c2ccc([N+](=O)[O-])cc2)cc1. The van der Waals surface area contributed by atoms with Gasteiger partial charge in [-0.2, -0.15) is 5.10 Å². The highest BCUT2D eigenvalue weighted by molar-refractivity contribution is 7.92. The number of nitrogens with one attached hydrogen (secondary N) is 2. The molecule has 0 aliphatic heterocycles. The lowest BCUT2D eigenvalue weighted by molar-refractivity contribution is -0.385. The molecule has 0 spiro atoms. The van der Waals surface area contributed by atoms with Crippen LogP contribution in [0, 0.1) is 20.2 Å². The van der Waals surface area contributed by atoms with Gasteiger partial charge in [-0.3, -0.25) is 30.4 Å². The number of sulfonamides is 1. The fourth-order valence-corrected chi connectivity index (χ4v) is 4.08. The maximum atomic E-state index is 13.1. The van der Waals surface area contributed by atoms with Crippen LogP contribution in [0.1, 0.15) is 12.5 Å². The summed E-state index contributed by atoms with van der Waals surface area (Å²) in [7, 11) is -2.78. The van der Waals surface area contributed by atoms with Gasteiger partial charge in [-0.05, 0) is 55.0 Å². The van der Waals surface area contributed by atoms with Crippen LogP contribution in [0.5, 0.6) is 5.75 Å². The molecule has 176 valence electrons. The normalized spacial score (nSPS) is 11.5. The second-order valence-corrected chi connectivity index (χ2v) is 8.54. The summed E-state index contributed by atoms with van der Waals surface area (Å²) in [4.78, 5) is 20.4. The van der Waals surface area contributed by atoms with Crippen LogP contribution in [0.25, 0.3) is 0 Å². The summed E-state index contributed by atoms with van der Waals surface area (Å²) >= 11 is 0. The molecule has 2 N–H and O–H groups in total. The number of hydrazone groups is 1. The first-order chi connectivity index (χ1) is 16.1. The molecule has 13 heteroatoms. The number of hydrogen-bond donors (Lipinski definition) is 2. The summed E-state index contributed by atoms with van der Waals surface area (Å²) in [6.07, 6.45) is 0. The molecule has 0 unspecified atom stereocenters. The van der Waals surface area contributed by atoms with E-state index in [-0.39, 0.29) is 17.1 Å². The molecule has 3 aromatic rings. The average Bonchev–Trinajstić information content (AvgIpc) is 2.82. The van der Waals surface area contributed by atoms with Crippen molar-refractivity contribution in [3.05, 3.63) is 92.5 Å². The van der Waals surface area contributed by atoms with Crippen molar-refractivity contribution in [3.63, 3.8) is 0 Å². The fraction of sp³-hybridized carbons (Fsp3) is 0.0952. The Kier molecular flexibility index (Phi) is 7.06. The minimum Gasteiger partial charge on any atom is -0.497 e. The Morgan fingerprint density at radius 1 is 0.912 bits per heavy atom. The number of ether oxygens (including phenoxy) is 1. The van der Waals surface area contributed by atoms with E-state index in [2.05, 4.69) is 15.2 Å². The van der Waals surface area contributed by atoms with Gasteiger partial charge in [0.1, 0.15) is 10.6 Å². The van der Waals surface area contributed by atoms with E-state index in [0.29, 0.717) is 17.0 Å². The average molecular weight is 485 g/mol. The quantitative estimate of drug-likeness (QED) is 0.259. The third kappa shape index (κ3) is 5.63. The Balaban J connectivity index is 1.93. The highest BCUT2D eigenvalue weighted by Crippen LogP contribution is 2.29. The summed E-state index contributed by atoms with van der Waals surface area (Å²) in [5.74, 6) is 0.525. The minimum absolute atomic E-state index is 0.00660. The third-order valence-electron chi connectivity index (χ3n) is 4.65. The second kappa shape index (κ2) is 9.95. The molecule has 0 bridgehead atoms. The van der Waals surface area contributed by atoms with E-state index in [1.807, 2.05) is 0 Å².